The molecule has 4 nitrogen and oxygen atoms in total. The summed E-state index contributed by atoms with van der Waals surface area (Å²) in [7, 11) is 0. The largest absolute Gasteiger partial charge is 0.309 e. The SMILES string of the molecule is [2H]c1c([2H])c([2H])c(-c2c([2H])c([2H])c(-n3c4c([2H])c([2H])c([2H])c([2H])c4c4c([2H])c(-c5nc(-c6ccccc6)nc(-c6ccc(-c7ccccc7)cc6)n5)c([2H])c([2H])c43)c([2H])c2[2H])c([2H])c1[2H]. The number of rotatable bonds is 6. The van der Waals surface area contributed by atoms with Gasteiger partial charge in [-0.3, -0.25) is 0 Å². The molecular weight excluding hydrogens is 597 g/mol. The Kier molecular flexibility index (Phi) is 4.09. The van der Waals surface area contributed by atoms with E-state index in [0.29, 0.717) is 11.1 Å². The fraction of sp³-hybridized carbons (Fsp3) is 0. The maximum Gasteiger partial charge on any atom is 0.164 e. The van der Waals surface area contributed by atoms with E-state index >= 15 is 0 Å². The van der Waals surface area contributed by atoms with Gasteiger partial charge in [0.2, 0.25) is 0 Å². The molecule has 7 aromatic carbocycles. The Bertz CT molecular complexity index is 3430. The average molecular weight is 643 g/mol. The highest BCUT2D eigenvalue weighted by Crippen LogP contribution is 2.36. The van der Waals surface area contributed by atoms with Crippen molar-refractivity contribution in [2.75, 3.05) is 0 Å². The molecule has 230 valence electrons. The standard InChI is InChI=1S/C45H30N4/c1-4-12-31(13-5-1)33-20-22-36(23-21-33)44-46-43(35-16-8-3-9-17-35)47-45(48-44)37-26-29-42-40(30-37)39-18-10-11-19-41(39)49(42)38-27-24-34(25-28-38)32-14-6-2-7-15-32/h1-30H/i2D,6D,7D,10D,11D,14D,15D,18D,19D,24D,25D,26D,27D,28D,29D,30D. The highest BCUT2D eigenvalue weighted by Gasteiger charge is 2.17. The van der Waals surface area contributed by atoms with Crippen molar-refractivity contribution in [3.63, 3.8) is 0 Å². The second-order valence-corrected chi connectivity index (χ2v) is 10.9. The van der Waals surface area contributed by atoms with Crippen LogP contribution in [-0.2, 0) is 0 Å². The number of aromatic nitrogens is 4. The Morgan fingerprint density at radius 3 is 1.55 bits per heavy atom. The Hall–Kier alpha value is -6.65. The van der Waals surface area contributed by atoms with Gasteiger partial charge >= 0.3 is 0 Å². The van der Waals surface area contributed by atoms with Crippen molar-refractivity contribution in [3.05, 3.63) is 182 Å². The molecule has 0 bridgehead atoms. The molecule has 0 saturated heterocycles. The molecule has 0 spiro atoms. The van der Waals surface area contributed by atoms with Crippen LogP contribution in [0.3, 0.4) is 0 Å². The monoisotopic (exact) mass is 642 g/mol. The van der Waals surface area contributed by atoms with Gasteiger partial charge in [-0.2, -0.15) is 0 Å². The first-order valence-electron chi connectivity index (χ1n) is 23.2. The molecule has 2 aromatic heterocycles. The van der Waals surface area contributed by atoms with Gasteiger partial charge in [-0.1, -0.05) is 145 Å². The molecule has 0 unspecified atom stereocenters. The van der Waals surface area contributed by atoms with E-state index < -0.39 is 125 Å². The summed E-state index contributed by atoms with van der Waals surface area (Å²) < 4.78 is 143. The molecule has 0 atom stereocenters. The number of nitrogens with zero attached hydrogens (tertiary/aromatic N) is 4. The smallest absolute Gasteiger partial charge is 0.164 e. The van der Waals surface area contributed by atoms with Gasteiger partial charge in [-0.15, -0.1) is 0 Å². The zero-order valence-corrected chi connectivity index (χ0v) is 25.4. The molecule has 9 aromatic rings. The van der Waals surface area contributed by atoms with E-state index in [1.807, 2.05) is 54.6 Å². The van der Waals surface area contributed by atoms with Gasteiger partial charge in [-0.05, 0) is 58.5 Å². The third-order valence-electron chi connectivity index (χ3n) is 7.88. The number of fused-ring (bicyclic) bond motifs is 3. The van der Waals surface area contributed by atoms with Crippen molar-refractivity contribution in [2.24, 2.45) is 0 Å². The van der Waals surface area contributed by atoms with E-state index in [2.05, 4.69) is 0 Å². The maximum atomic E-state index is 9.75. The molecule has 0 amide bonds. The van der Waals surface area contributed by atoms with Gasteiger partial charge in [0.25, 0.3) is 0 Å². The third kappa shape index (κ3) is 5.35. The van der Waals surface area contributed by atoms with E-state index in [1.54, 1.807) is 30.3 Å². The molecule has 0 aliphatic carbocycles. The first-order chi connectivity index (χ1) is 31.0. The predicted molar refractivity (Wildman–Crippen MR) is 201 cm³/mol. The quantitative estimate of drug-likeness (QED) is 0.181. The van der Waals surface area contributed by atoms with E-state index in [0.717, 1.165) is 15.7 Å². The first-order valence-corrected chi connectivity index (χ1v) is 15.2. The number of para-hydroxylation sites is 1. The molecule has 2 heterocycles. The van der Waals surface area contributed by atoms with Crippen molar-refractivity contribution in [1.82, 2.24) is 19.5 Å². The second-order valence-electron chi connectivity index (χ2n) is 10.9. The van der Waals surface area contributed by atoms with Crippen LogP contribution in [0.15, 0.2) is 182 Å². The maximum absolute atomic E-state index is 9.75. The van der Waals surface area contributed by atoms with Gasteiger partial charge < -0.3 is 4.57 Å². The molecule has 4 heteroatoms. The minimum atomic E-state index is -0.867. The molecule has 0 N–H and O–H groups in total. The minimum absolute atomic E-state index is 0.158. The fourth-order valence-electron chi connectivity index (χ4n) is 5.54. The van der Waals surface area contributed by atoms with E-state index in [4.69, 9.17) is 30.0 Å². The van der Waals surface area contributed by atoms with E-state index in [1.165, 1.54) is 0 Å². The number of benzene rings is 7. The van der Waals surface area contributed by atoms with Gasteiger partial charge in [0.05, 0.1) is 33.0 Å². The predicted octanol–water partition coefficient (Wildman–Crippen LogP) is 11.3. The topological polar surface area (TPSA) is 43.6 Å². The summed E-state index contributed by atoms with van der Waals surface area (Å²) in [6.07, 6.45) is 0. The van der Waals surface area contributed by atoms with E-state index in [9.17, 15) is 6.85 Å². The highest BCUT2D eigenvalue weighted by molar-refractivity contribution is 6.10. The van der Waals surface area contributed by atoms with Crippen LogP contribution in [-0.4, -0.2) is 19.5 Å². The van der Waals surface area contributed by atoms with Crippen molar-refractivity contribution in [2.45, 2.75) is 0 Å². The summed E-state index contributed by atoms with van der Waals surface area (Å²) in [5, 5.41) is -0.628. The van der Waals surface area contributed by atoms with Gasteiger partial charge in [0, 0.05) is 33.2 Å². The second kappa shape index (κ2) is 12.2. The number of hydrogen-bond acceptors (Lipinski definition) is 3. The average Bonchev–Trinajstić information content (AvgIpc) is 3.68. The minimum Gasteiger partial charge on any atom is -0.309 e. The lowest BCUT2D eigenvalue weighted by Crippen LogP contribution is -2.00. The molecule has 0 fully saturated rings. The van der Waals surface area contributed by atoms with Crippen LogP contribution in [0, 0.1) is 0 Å². The van der Waals surface area contributed by atoms with Crippen LogP contribution in [0.4, 0.5) is 0 Å². The molecule has 9 rings (SSSR count). The van der Waals surface area contributed by atoms with Crippen LogP contribution >= 0.6 is 0 Å². The molecule has 0 saturated carbocycles. The van der Waals surface area contributed by atoms with Gasteiger partial charge in [-0.25, -0.2) is 15.0 Å². The molecular formula is C45H30N4. The van der Waals surface area contributed by atoms with Crippen molar-refractivity contribution < 1.29 is 21.9 Å². The first kappa shape index (κ1) is 16.4. The molecule has 0 aliphatic rings. The van der Waals surface area contributed by atoms with Crippen LogP contribution in [0.5, 0.6) is 0 Å². The molecule has 49 heavy (non-hydrogen) atoms. The van der Waals surface area contributed by atoms with Crippen LogP contribution in [0.1, 0.15) is 21.9 Å². The number of hydrogen-bond donors (Lipinski definition) is 0. The summed E-state index contributed by atoms with van der Waals surface area (Å²) >= 11 is 0. The Morgan fingerprint density at radius 2 is 0.857 bits per heavy atom. The van der Waals surface area contributed by atoms with Gasteiger partial charge in [0.1, 0.15) is 0 Å². The van der Waals surface area contributed by atoms with Gasteiger partial charge in [0.15, 0.2) is 17.5 Å². The summed E-state index contributed by atoms with van der Waals surface area (Å²) in [6.45, 7) is 0. The van der Waals surface area contributed by atoms with Crippen molar-refractivity contribution in [3.8, 4) is 62.1 Å². The Labute approximate surface area is 307 Å². The summed E-state index contributed by atoms with van der Waals surface area (Å²) in [4.78, 5) is 14.2. The van der Waals surface area contributed by atoms with Crippen LogP contribution < -0.4 is 0 Å². The third-order valence-corrected chi connectivity index (χ3v) is 7.88. The lowest BCUT2D eigenvalue weighted by Gasteiger charge is -2.11. The van der Waals surface area contributed by atoms with Crippen molar-refractivity contribution >= 4 is 21.8 Å². The fourth-order valence-corrected chi connectivity index (χ4v) is 5.54. The van der Waals surface area contributed by atoms with Crippen LogP contribution in [0.25, 0.3) is 83.9 Å². The summed E-state index contributed by atoms with van der Waals surface area (Å²) in [5.41, 5.74) is -0.0167. The lowest BCUT2D eigenvalue weighted by atomic mass is 10.0. The normalized spacial score (nSPS) is 15.8. The Morgan fingerprint density at radius 1 is 0.367 bits per heavy atom. The summed E-state index contributed by atoms with van der Waals surface area (Å²) in [6, 6.07) is 13.9. The lowest BCUT2D eigenvalue weighted by molar-refractivity contribution is 1.07. The van der Waals surface area contributed by atoms with Crippen molar-refractivity contribution in [1.29, 1.82) is 0 Å². The van der Waals surface area contributed by atoms with Crippen LogP contribution in [0.2, 0.25) is 0 Å². The molecule has 0 aliphatic heterocycles. The molecule has 0 radical (unpaired) electrons. The van der Waals surface area contributed by atoms with E-state index in [-0.39, 0.29) is 33.8 Å². The zero-order valence-electron chi connectivity index (χ0n) is 41.4. The summed E-state index contributed by atoms with van der Waals surface area (Å²) in [5.74, 6) is 0.113. The Balaban J connectivity index is 1.36. The highest BCUT2D eigenvalue weighted by atomic mass is 15.0. The zero-order chi connectivity index (χ0) is 46.5.